The molecule has 0 radical (unpaired) electrons. The monoisotopic (exact) mass is 380 g/mol. The molecular formula is C23H28N2OS. The number of hydrogen-bond acceptors (Lipinski definition) is 4. The third-order valence-electron chi connectivity index (χ3n) is 5.54. The maximum absolute atomic E-state index is 10.6. The molecule has 1 fully saturated rings. The lowest BCUT2D eigenvalue weighted by Gasteiger charge is -2.34. The zero-order chi connectivity index (χ0) is 18.5. The van der Waals surface area contributed by atoms with E-state index in [4.69, 9.17) is 0 Å². The van der Waals surface area contributed by atoms with E-state index < -0.39 is 0 Å². The van der Waals surface area contributed by atoms with E-state index in [1.807, 2.05) is 0 Å². The number of piperazine rings is 1. The molecule has 1 atom stereocenters. The van der Waals surface area contributed by atoms with Crippen molar-refractivity contribution in [3.8, 4) is 0 Å². The summed E-state index contributed by atoms with van der Waals surface area (Å²) in [6.45, 7) is 6.66. The molecule has 3 aromatic rings. The fourth-order valence-electron chi connectivity index (χ4n) is 3.93. The van der Waals surface area contributed by atoms with Gasteiger partial charge in [-0.05, 0) is 47.3 Å². The minimum Gasteiger partial charge on any atom is -0.388 e. The first kappa shape index (κ1) is 18.6. The first-order valence-electron chi connectivity index (χ1n) is 9.92. The van der Waals surface area contributed by atoms with Crippen molar-refractivity contribution in [2.24, 2.45) is 0 Å². The number of aliphatic hydroxyl groups is 1. The maximum atomic E-state index is 10.6. The van der Waals surface area contributed by atoms with Crippen LogP contribution in [0.5, 0.6) is 0 Å². The Bertz CT molecular complexity index is 840. The van der Waals surface area contributed by atoms with Gasteiger partial charge in [-0.25, -0.2) is 0 Å². The van der Waals surface area contributed by atoms with Crippen molar-refractivity contribution in [1.82, 2.24) is 9.80 Å². The Hall–Kier alpha value is -1.72. The van der Waals surface area contributed by atoms with Crippen LogP contribution in [0.2, 0.25) is 0 Å². The third kappa shape index (κ3) is 4.77. The van der Waals surface area contributed by atoms with Crippen LogP contribution in [0, 0.1) is 0 Å². The highest BCUT2D eigenvalue weighted by Crippen LogP contribution is 2.32. The second-order valence-corrected chi connectivity index (χ2v) is 8.36. The van der Waals surface area contributed by atoms with Gasteiger partial charge in [0.25, 0.3) is 0 Å². The molecule has 1 N–H and O–H groups in total. The molecule has 0 spiro atoms. The van der Waals surface area contributed by atoms with E-state index in [9.17, 15) is 5.11 Å². The van der Waals surface area contributed by atoms with Crippen molar-refractivity contribution in [3.05, 3.63) is 71.1 Å². The normalized spacial score (nSPS) is 17.4. The van der Waals surface area contributed by atoms with E-state index >= 15 is 0 Å². The van der Waals surface area contributed by atoms with Gasteiger partial charge in [-0.2, -0.15) is 0 Å². The van der Waals surface area contributed by atoms with Crippen LogP contribution >= 0.6 is 11.3 Å². The molecule has 4 heteroatoms. The Morgan fingerprint density at radius 2 is 1.59 bits per heavy atom. The smallest absolute Gasteiger partial charge is 0.0804 e. The lowest BCUT2D eigenvalue weighted by molar-refractivity contribution is 0.115. The first-order valence-corrected chi connectivity index (χ1v) is 10.8. The van der Waals surface area contributed by atoms with E-state index in [2.05, 4.69) is 69.8 Å². The number of aliphatic hydroxyl groups excluding tert-OH is 1. The minimum atomic E-state index is -0.347. The summed E-state index contributed by atoms with van der Waals surface area (Å²) in [4.78, 5) is 5.08. The lowest BCUT2D eigenvalue weighted by atomic mass is 10.0. The molecule has 0 saturated carbocycles. The Morgan fingerprint density at radius 1 is 0.889 bits per heavy atom. The fourth-order valence-corrected chi connectivity index (χ4v) is 4.94. The molecule has 27 heavy (non-hydrogen) atoms. The average Bonchev–Trinajstić information content (AvgIpc) is 3.14. The molecule has 1 unspecified atom stereocenters. The number of benzene rings is 2. The summed E-state index contributed by atoms with van der Waals surface area (Å²) in [6.07, 6.45) is 1.54. The van der Waals surface area contributed by atoms with Crippen LogP contribution in [-0.2, 0) is 6.54 Å². The number of fused-ring (bicyclic) bond motifs is 1. The summed E-state index contributed by atoms with van der Waals surface area (Å²) in [5.74, 6) is 0. The highest BCUT2D eigenvalue weighted by molar-refractivity contribution is 7.17. The molecule has 0 bridgehead atoms. The number of hydrogen-bond donors (Lipinski definition) is 1. The van der Waals surface area contributed by atoms with Crippen LogP contribution in [0.1, 0.15) is 30.1 Å². The topological polar surface area (TPSA) is 26.7 Å². The maximum Gasteiger partial charge on any atom is 0.0804 e. The molecule has 0 amide bonds. The number of rotatable bonds is 7. The van der Waals surface area contributed by atoms with Gasteiger partial charge in [0.05, 0.1) is 6.10 Å². The Morgan fingerprint density at radius 3 is 2.41 bits per heavy atom. The Balaban J connectivity index is 1.20. The largest absolute Gasteiger partial charge is 0.388 e. The standard InChI is InChI=1S/C23H28N2OS/c26-22(21-18-27-23-11-5-4-9-20(21)23)10-6-12-24-13-15-25(16-14-24)17-19-7-2-1-3-8-19/h1-5,7-9,11,18,22,26H,6,10,12-17H2. The molecule has 1 aromatic heterocycles. The molecule has 0 aliphatic carbocycles. The fraction of sp³-hybridized carbons (Fsp3) is 0.391. The van der Waals surface area contributed by atoms with Gasteiger partial charge >= 0.3 is 0 Å². The summed E-state index contributed by atoms with van der Waals surface area (Å²) in [6, 6.07) is 19.1. The predicted molar refractivity (Wildman–Crippen MR) is 114 cm³/mol. The van der Waals surface area contributed by atoms with E-state index in [-0.39, 0.29) is 6.10 Å². The van der Waals surface area contributed by atoms with E-state index in [1.165, 1.54) is 15.6 Å². The van der Waals surface area contributed by atoms with Gasteiger partial charge in [-0.15, -0.1) is 11.3 Å². The van der Waals surface area contributed by atoms with Gasteiger partial charge in [0.2, 0.25) is 0 Å². The van der Waals surface area contributed by atoms with Crippen LogP contribution in [0.3, 0.4) is 0 Å². The summed E-state index contributed by atoms with van der Waals surface area (Å²) >= 11 is 1.73. The van der Waals surface area contributed by atoms with Crippen LogP contribution in [0.4, 0.5) is 0 Å². The van der Waals surface area contributed by atoms with Crippen LogP contribution in [-0.4, -0.2) is 47.6 Å². The summed E-state index contributed by atoms with van der Waals surface area (Å²) in [5.41, 5.74) is 2.50. The third-order valence-corrected chi connectivity index (χ3v) is 6.52. The van der Waals surface area contributed by atoms with Crippen LogP contribution in [0.15, 0.2) is 60.0 Å². The Kier molecular flexibility index (Phi) is 6.20. The molecule has 2 heterocycles. The van der Waals surface area contributed by atoms with Crippen molar-refractivity contribution in [2.75, 3.05) is 32.7 Å². The average molecular weight is 381 g/mol. The van der Waals surface area contributed by atoms with E-state index in [0.29, 0.717) is 0 Å². The van der Waals surface area contributed by atoms with Crippen LogP contribution in [0.25, 0.3) is 10.1 Å². The first-order chi connectivity index (χ1) is 13.3. The number of nitrogens with zero attached hydrogens (tertiary/aromatic N) is 2. The second kappa shape index (κ2) is 8.98. The highest BCUT2D eigenvalue weighted by atomic mass is 32.1. The van der Waals surface area contributed by atoms with Crippen LogP contribution < -0.4 is 0 Å². The second-order valence-electron chi connectivity index (χ2n) is 7.45. The minimum absolute atomic E-state index is 0.347. The zero-order valence-corrected chi connectivity index (χ0v) is 16.6. The van der Waals surface area contributed by atoms with Crippen molar-refractivity contribution < 1.29 is 5.11 Å². The van der Waals surface area contributed by atoms with Gasteiger partial charge in [0.15, 0.2) is 0 Å². The van der Waals surface area contributed by atoms with Gasteiger partial charge < -0.3 is 10.0 Å². The molecule has 3 nitrogen and oxygen atoms in total. The van der Waals surface area contributed by atoms with E-state index in [1.54, 1.807) is 11.3 Å². The Labute approximate surface area is 165 Å². The summed E-state index contributed by atoms with van der Waals surface area (Å²) in [5, 5.41) is 14.0. The van der Waals surface area contributed by atoms with Crippen molar-refractivity contribution in [2.45, 2.75) is 25.5 Å². The molecule has 1 aliphatic rings. The van der Waals surface area contributed by atoms with Gasteiger partial charge in [0.1, 0.15) is 0 Å². The molecule has 142 valence electrons. The van der Waals surface area contributed by atoms with E-state index in [0.717, 1.165) is 57.7 Å². The van der Waals surface area contributed by atoms with Crippen molar-refractivity contribution in [1.29, 1.82) is 0 Å². The lowest BCUT2D eigenvalue weighted by Crippen LogP contribution is -2.46. The van der Waals surface area contributed by atoms with Crippen molar-refractivity contribution in [3.63, 3.8) is 0 Å². The molecule has 1 saturated heterocycles. The molecular weight excluding hydrogens is 352 g/mol. The van der Waals surface area contributed by atoms with Gasteiger partial charge in [0, 0.05) is 37.4 Å². The SMILES string of the molecule is OC(CCCN1CCN(Cc2ccccc2)CC1)c1csc2ccccc12. The van der Waals surface area contributed by atoms with Crippen molar-refractivity contribution >= 4 is 21.4 Å². The molecule has 4 rings (SSSR count). The molecule has 1 aliphatic heterocycles. The van der Waals surface area contributed by atoms with Gasteiger partial charge in [-0.1, -0.05) is 48.5 Å². The van der Waals surface area contributed by atoms with Gasteiger partial charge in [-0.3, -0.25) is 4.90 Å². The number of thiophene rings is 1. The highest BCUT2D eigenvalue weighted by Gasteiger charge is 2.18. The zero-order valence-electron chi connectivity index (χ0n) is 15.8. The quantitative estimate of drug-likeness (QED) is 0.652. The predicted octanol–water partition coefficient (Wildman–Crippen LogP) is 4.53. The molecule has 2 aromatic carbocycles. The summed E-state index contributed by atoms with van der Waals surface area (Å²) < 4.78 is 1.26. The summed E-state index contributed by atoms with van der Waals surface area (Å²) in [7, 11) is 0.